The first-order valence-corrected chi connectivity index (χ1v) is 13.0. The van der Waals surface area contributed by atoms with Gasteiger partial charge in [-0.2, -0.15) is 4.31 Å². The van der Waals surface area contributed by atoms with Crippen LogP contribution in [0.5, 0.6) is 0 Å². The number of hydrogen-bond acceptors (Lipinski definition) is 3. The highest BCUT2D eigenvalue weighted by Gasteiger charge is 2.39. The molecule has 3 aliphatic rings. The Kier molecular flexibility index (Phi) is 5.43. The number of benzene rings is 2. The van der Waals surface area contributed by atoms with Crippen LogP contribution in [0.1, 0.15) is 67.2 Å². The average Bonchev–Trinajstić information content (AvgIpc) is 3.29. The van der Waals surface area contributed by atoms with Gasteiger partial charge in [-0.1, -0.05) is 55.7 Å². The van der Waals surface area contributed by atoms with Gasteiger partial charge in [0.2, 0.25) is 10.0 Å². The number of nitrogens with one attached hydrogen (secondary N) is 1. The maximum Gasteiger partial charge on any atom is 0.243 e. The summed E-state index contributed by atoms with van der Waals surface area (Å²) >= 11 is 0. The molecule has 3 atom stereocenters. The largest absolute Gasteiger partial charge is 0.378 e. The van der Waals surface area contributed by atoms with Gasteiger partial charge in [0.25, 0.3) is 0 Å². The summed E-state index contributed by atoms with van der Waals surface area (Å²) in [7, 11) is -1.73. The Morgan fingerprint density at radius 1 is 1.00 bits per heavy atom. The first kappa shape index (κ1) is 20.8. The van der Waals surface area contributed by atoms with Crippen LogP contribution in [0.3, 0.4) is 0 Å². The molecular weight excluding hydrogens is 404 g/mol. The molecule has 1 N–H and O–H groups in total. The molecular formula is C26H32N2O2S. The van der Waals surface area contributed by atoms with Gasteiger partial charge >= 0.3 is 0 Å². The number of nitrogens with zero attached hydrogens (tertiary/aromatic N) is 1. The Labute approximate surface area is 186 Å². The van der Waals surface area contributed by atoms with E-state index >= 15 is 0 Å². The minimum atomic E-state index is -3.49. The summed E-state index contributed by atoms with van der Waals surface area (Å²) in [5.41, 5.74) is 4.80. The molecule has 0 saturated heterocycles. The third-order valence-corrected chi connectivity index (χ3v) is 9.53. The summed E-state index contributed by atoms with van der Waals surface area (Å²) in [6.45, 7) is 2.17. The zero-order valence-corrected chi connectivity index (χ0v) is 19.2. The molecule has 3 unspecified atom stereocenters. The first-order chi connectivity index (χ1) is 15.0. The molecule has 1 heterocycles. The van der Waals surface area contributed by atoms with Gasteiger partial charge in [-0.05, 0) is 67.0 Å². The van der Waals surface area contributed by atoms with Crippen molar-refractivity contribution < 1.29 is 8.42 Å². The predicted octanol–water partition coefficient (Wildman–Crippen LogP) is 5.77. The molecule has 0 spiro atoms. The SMILES string of the molecule is Cc1ccccc1C1Nc2ccc(S(=O)(=O)N(C)C3CCCCC3)cc2C2C=CCC21. The van der Waals surface area contributed by atoms with E-state index in [2.05, 4.69) is 48.7 Å². The Balaban J connectivity index is 1.49. The van der Waals surface area contributed by atoms with Crippen molar-refractivity contribution in [1.29, 1.82) is 0 Å². The molecule has 2 aromatic carbocycles. The van der Waals surface area contributed by atoms with Gasteiger partial charge in [-0.3, -0.25) is 0 Å². The molecule has 2 aliphatic carbocycles. The van der Waals surface area contributed by atoms with E-state index in [0.717, 1.165) is 43.4 Å². The first-order valence-electron chi connectivity index (χ1n) is 11.6. The molecule has 5 heteroatoms. The molecule has 1 fully saturated rings. The quantitative estimate of drug-likeness (QED) is 0.619. The monoisotopic (exact) mass is 436 g/mol. The predicted molar refractivity (Wildman–Crippen MR) is 126 cm³/mol. The number of aryl methyl sites for hydroxylation is 1. The van der Waals surface area contributed by atoms with Gasteiger partial charge in [0, 0.05) is 24.7 Å². The van der Waals surface area contributed by atoms with Crippen LogP contribution >= 0.6 is 0 Å². The molecule has 31 heavy (non-hydrogen) atoms. The number of fused-ring (bicyclic) bond motifs is 3. The topological polar surface area (TPSA) is 49.4 Å². The second kappa shape index (κ2) is 8.10. The Morgan fingerprint density at radius 2 is 1.77 bits per heavy atom. The third-order valence-electron chi connectivity index (χ3n) is 7.62. The second-order valence-electron chi connectivity index (χ2n) is 9.39. The maximum absolute atomic E-state index is 13.4. The van der Waals surface area contributed by atoms with Crippen molar-refractivity contribution in [1.82, 2.24) is 4.31 Å². The zero-order valence-electron chi connectivity index (χ0n) is 18.4. The number of sulfonamides is 1. The fourth-order valence-corrected chi connectivity index (χ4v) is 7.24. The summed E-state index contributed by atoms with van der Waals surface area (Å²) in [6, 6.07) is 14.6. The van der Waals surface area contributed by atoms with Gasteiger partial charge in [-0.25, -0.2) is 8.42 Å². The van der Waals surface area contributed by atoms with Crippen molar-refractivity contribution in [3.05, 3.63) is 71.3 Å². The summed E-state index contributed by atoms with van der Waals surface area (Å²) in [6.07, 6.45) is 10.9. The molecule has 164 valence electrons. The number of rotatable bonds is 4. The molecule has 4 nitrogen and oxygen atoms in total. The zero-order chi connectivity index (χ0) is 21.6. The van der Waals surface area contributed by atoms with E-state index in [1.165, 1.54) is 17.5 Å². The highest BCUT2D eigenvalue weighted by Crippen LogP contribution is 2.50. The molecule has 2 aromatic rings. The lowest BCUT2D eigenvalue weighted by Crippen LogP contribution is -2.38. The van der Waals surface area contributed by atoms with Crippen molar-refractivity contribution in [3.8, 4) is 0 Å². The van der Waals surface area contributed by atoms with E-state index in [1.54, 1.807) is 17.4 Å². The summed E-state index contributed by atoms with van der Waals surface area (Å²) < 4.78 is 28.5. The van der Waals surface area contributed by atoms with Crippen LogP contribution in [0.15, 0.2) is 59.5 Å². The Bertz CT molecular complexity index is 1100. The van der Waals surface area contributed by atoms with Crippen LogP contribution in [0.4, 0.5) is 5.69 Å². The summed E-state index contributed by atoms with van der Waals surface area (Å²) in [5.74, 6) is 0.652. The van der Waals surface area contributed by atoms with Crippen LogP contribution in [0.25, 0.3) is 0 Å². The van der Waals surface area contributed by atoms with Gasteiger partial charge in [0.05, 0.1) is 10.9 Å². The minimum absolute atomic E-state index is 0.123. The van der Waals surface area contributed by atoms with Crippen molar-refractivity contribution >= 4 is 15.7 Å². The Morgan fingerprint density at radius 3 is 2.55 bits per heavy atom. The van der Waals surface area contributed by atoms with E-state index in [4.69, 9.17) is 0 Å². The fourth-order valence-electron chi connectivity index (χ4n) is 5.78. The van der Waals surface area contributed by atoms with E-state index < -0.39 is 10.0 Å². The van der Waals surface area contributed by atoms with Gasteiger partial charge in [-0.15, -0.1) is 0 Å². The average molecular weight is 437 g/mol. The third kappa shape index (κ3) is 3.62. The van der Waals surface area contributed by atoms with E-state index in [-0.39, 0.29) is 18.0 Å². The highest BCUT2D eigenvalue weighted by atomic mass is 32.2. The fraction of sp³-hybridized carbons (Fsp3) is 0.462. The van der Waals surface area contributed by atoms with E-state index in [9.17, 15) is 8.42 Å². The smallest absolute Gasteiger partial charge is 0.243 e. The summed E-state index contributed by atoms with van der Waals surface area (Å²) in [4.78, 5) is 0.425. The van der Waals surface area contributed by atoms with Crippen molar-refractivity contribution in [2.75, 3.05) is 12.4 Å². The van der Waals surface area contributed by atoms with E-state index in [0.29, 0.717) is 10.8 Å². The number of hydrogen-bond donors (Lipinski definition) is 1. The number of anilines is 1. The molecule has 0 radical (unpaired) electrons. The van der Waals surface area contributed by atoms with Crippen LogP contribution in [0.2, 0.25) is 0 Å². The van der Waals surface area contributed by atoms with Crippen LogP contribution in [0, 0.1) is 12.8 Å². The molecule has 0 amide bonds. The lowest BCUT2D eigenvalue weighted by molar-refractivity contribution is 0.286. The lowest BCUT2D eigenvalue weighted by atomic mass is 9.76. The molecule has 5 rings (SSSR count). The van der Waals surface area contributed by atoms with Crippen LogP contribution in [-0.2, 0) is 10.0 Å². The van der Waals surface area contributed by atoms with Gasteiger partial charge in [0.1, 0.15) is 0 Å². The minimum Gasteiger partial charge on any atom is -0.378 e. The van der Waals surface area contributed by atoms with Crippen LogP contribution < -0.4 is 5.32 Å². The van der Waals surface area contributed by atoms with Crippen molar-refractivity contribution in [3.63, 3.8) is 0 Å². The van der Waals surface area contributed by atoms with Crippen molar-refractivity contribution in [2.45, 2.75) is 68.3 Å². The lowest BCUT2D eigenvalue weighted by Gasteiger charge is -2.38. The van der Waals surface area contributed by atoms with Gasteiger partial charge in [0.15, 0.2) is 0 Å². The second-order valence-corrected chi connectivity index (χ2v) is 11.4. The number of allylic oxidation sites excluding steroid dienone is 2. The van der Waals surface area contributed by atoms with Gasteiger partial charge < -0.3 is 5.32 Å². The maximum atomic E-state index is 13.4. The van der Waals surface area contributed by atoms with Crippen LogP contribution in [-0.4, -0.2) is 25.8 Å². The highest BCUT2D eigenvalue weighted by molar-refractivity contribution is 7.89. The molecule has 0 aromatic heterocycles. The summed E-state index contributed by atoms with van der Waals surface area (Å²) in [5, 5.41) is 3.75. The van der Waals surface area contributed by atoms with E-state index in [1.807, 2.05) is 12.1 Å². The Hall–Kier alpha value is -2.11. The standard InChI is InChI=1S/C26H32N2O2S/c1-18-9-6-7-12-21(18)26-23-14-8-13-22(23)24-17-20(15-16-25(24)27-26)31(29,30)28(2)19-10-4-3-5-11-19/h6-9,12-13,15-17,19,22-23,26-27H,3-5,10-11,14H2,1-2H3. The van der Waals surface area contributed by atoms with Crippen molar-refractivity contribution in [2.24, 2.45) is 5.92 Å². The molecule has 1 aliphatic heterocycles. The molecule has 0 bridgehead atoms. The molecule has 1 saturated carbocycles. The normalized spacial score (nSPS) is 25.8.